The maximum absolute atomic E-state index is 12.1. The van der Waals surface area contributed by atoms with Crippen LogP contribution in [0.25, 0.3) is 0 Å². The summed E-state index contributed by atoms with van der Waals surface area (Å²) in [5, 5.41) is 0. The Balaban J connectivity index is 2.29. The van der Waals surface area contributed by atoms with Crippen LogP contribution in [0.3, 0.4) is 0 Å². The van der Waals surface area contributed by atoms with E-state index < -0.39 is 22.5 Å². The molecule has 19 heavy (non-hydrogen) atoms. The van der Waals surface area contributed by atoms with E-state index >= 15 is 0 Å². The molecule has 1 atom stereocenters. The van der Waals surface area contributed by atoms with Crippen molar-refractivity contribution in [2.24, 2.45) is 0 Å². The molecule has 0 amide bonds. The average molecular weight is 286 g/mol. The van der Waals surface area contributed by atoms with Crippen molar-refractivity contribution in [3.05, 3.63) is 29.8 Å². The van der Waals surface area contributed by atoms with Crippen LogP contribution in [0.1, 0.15) is 44.5 Å². The molecule has 1 aromatic rings. The molecule has 0 N–H and O–H groups in total. The van der Waals surface area contributed by atoms with Gasteiger partial charge in [0.1, 0.15) is 0 Å². The van der Waals surface area contributed by atoms with Crippen LogP contribution < -0.4 is 0 Å². The van der Waals surface area contributed by atoms with Crippen LogP contribution in [-0.2, 0) is 9.84 Å². The maximum atomic E-state index is 12.1. The SMILES string of the molecule is [2H]C([2H])(CC)N1CCC[C@H](c2cccc(S(=O)(=O)C([2H])([2H])[2H])c2)C1. The highest BCUT2D eigenvalue weighted by Crippen LogP contribution is 2.28. The van der Waals surface area contributed by atoms with Crippen LogP contribution in [-0.4, -0.2) is 39.1 Å². The fourth-order valence-electron chi connectivity index (χ4n) is 2.55. The highest BCUT2D eigenvalue weighted by Gasteiger charge is 2.21. The molecule has 1 heterocycles. The molecule has 0 radical (unpaired) electrons. The van der Waals surface area contributed by atoms with Crippen molar-refractivity contribution in [2.75, 3.05) is 25.8 Å². The molecule has 0 bridgehead atoms. The highest BCUT2D eigenvalue weighted by molar-refractivity contribution is 7.90. The molecule has 2 rings (SSSR count). The van der Waals surface area contributed by atoms with E-state index in [-0.39, 0.29) is 10.8 Å². The van der Waals surface area contributed by atoms with Gasteiger partial charge >= 0.3 is 0 Å². The molecule has 1 aliphatic heterocycles. The molecule has 3 nitrogen and oxygen atoms in total. The zero-order valence-corrected chi connectivity index (χ0v) is 11.9. The maximum Gasteiger partial charge on any atom is 0.175 e. The van der Waals surface area contributed by atoms with Gasteiger partial charge in [-0.3, -0.25) is 0 Å². The van der Waals surface area contributed by atoms with Crippen molar-refractivity contribution in [2.45, 2.75) is 37.0 Å². The molecule has 0 unspecified atom stereocenters. The largest absolute Gasteiger partial charge is 0.303 e. The van der Waals surface area contributed by atoms with Crippen LogP contribution in [0.15, 0.2) is 29.2 Å². The summed E-state index contributed by atoms with van der Waals surface area (Å²) < 4.78 is 62.0. The first kappa shape index (κ1) is 9.14. The van der Waals surface area contributed by atoms with Crippen molar-refractivity contribution >= 4 is 9.84 Å². The molecular weight excluding hydrogens is 258 g/mol. The van der Waals surface area contributed by atoms with Gasteiger partial charge in [0.05, 0.1) is 4.90 Å². The fraction of sp³-hybridized carbons (Fsp3) is 0.600. The van der Waals surface area contributed by atoms with Crippen LogP contribution >= 0.6 is 0 Å². The Hall–Kier alpha value is -0.870. The summed E-state index contributed by atoms with van der Waals surface area (Å²) in [5.41, 5.74) is 0.747. The van der Waals surface area contributed by atoms with E-state index in [9.17, 15) is 8.42 Å². The van der Waals surface area contributed by atoms with Crippen LogP contribution in [0, 0.1) is 0 Å². The second-order valence-electron chi connectivity index (χ2n) is 4.87. The summed E-state index contributed by atoms with van der Waals surface area (Å²) in [6.45, 7) is 1.58. The molecular formula is C15H23NO2S. The van der Waals surface area contributed by atoms with Crippen molar-refractivity contribution in [3.63, 3.8) is 0 Å². The first-order valence-electron chi connectivity index (χ1n) is 9.08. The third-order valence-corrected chi connectivity index (χ3v) is 4.32. The molecule has 0 aromatic heterocycles. The number of nitrogens with zero attached hydrogens (tertiary/aromatic N) is 1. The van der Waals surface area contributed by atoms with Gasteiger partial charge in [-0.2, -0.15) is 0 Å². The monoisotopic (exact) mass is 286 g/mol. The van der Waals surface area contributed by atoms with E-state index in [1.807, 2.05) is 0 Å². The van der Waals surface area contributed by atoms with E-state index in [4.69, 9.17) is 6.85 Å². The smallest absolute Gasteiger partial charge is 0.175 e. The molecule has 1 saturated heterocycles. The van der Waals surface area contributed by atoms with Crippen molar-refractivity contribution in [1.82, 2.24) is 4.90 Å². The minimum atomic E-state index is -4.37. The summed E-state index contributed by atoms with van der Waals surface area (Å²) in [6.07, 6.45) is -1.05. The molecule has 0 saturated carbocycles. The van der Waals surface area contributed by atoms with E-state index in [2.05, 4.69) is 0 Å². The van der Waals surface area contributed by atoms with Crippen LogP contribution in [0.5, 0.6) is 0 Å². The summed E-state index contributed by atoms with van der Waals surface area (Å²) in [6, 6.07) is 6.07. The van der Waals surface area contributed by atoms with Gasteiger partial charge in [0.25, 0.3) is 0 Å². The minimum absolute atomic E-state index is 0.00729. The van der Waals surface area contributed by atoms with Gasteiger partial charge in [0.2, 0.25) is 0 Å². The van der Waals surface area contributed by atoms with Crippen molar-refractivity contribution < 1.29 is 15.3 Å². The van der Waals surface area contributed by atoms with E-state index in [0.717, 1.165) is 18.4 Å². The van der Waals surface area contributed by atoms with Gasteiger partial charge in [0, 0.05) is 19.6 Å². The van der Waals surface area contributed by atoms with Gasteiger partial charge in [-0.1, -0.05) is 19.1 Å². The Bertz CT molecular complexity index is 687. The lowest BCUT2D eigenvalue weighted by atomic mass is 9.90. The lowest BCUT2D eigenvalue weighted by molar-refractivity contribution is 0.208. The zero-order chi connectivity index (χ0) is 18.2. The third kappa shape index (κ3) is 3.80. The second-order valence-corrected chi connectivity index (χ2v) is 6.35. The molecule has 1 aliphatic rings. The summed E-state index contributed by atoms with van der Waals surface area (Å²) in [5.74, 6) is -0.00729. The van der Waals surface area contributed by atoms with Crippen molar-refractivity contribution in [1.29, 1.82) is 0 Å². The zero-order valence-electron chi connectivity index (χ0n) is 16.1. The van der Waals surface area contributed by atoms with Crippen molar-refractivity contribution in [3.8, 4) is 0 Å². The number of benzene rings is 1. The molecule has 0 spiro atoms. The first-order valence-corrected chi connectivity index (χ1v) is 8.07. The van der Waals surface area contributed by atoms with E-state index in [1.165, 1.54) is 12.1 Å². The summed E-state index contributed by atoms with van der Waals surface area (Å²) in [7, 11) is -4.37. The summed E-state index contributed by atoms with van der Waals surface area (Å²) >= 11 is 0. The van der Waals surface area contributed by atoms with E-state index in [1.54, 1.807) is 24.0 Å². The number of likely N-dealkylation sites (tertiary alicyclic amines) is 1. The predicted octanol–water partition coefficient (Wildman–Crippen LogP) is 2.68. The third-order valence-electron chi connectivity index (χ3n) is 3.44. The Morgan fingerprint density at radius 3 is 3.11 bits per heavy atom. The standard InChI is InChI=1S/C15H23NO2S/c1-3-9-16-10-5-7-14(12-16)13-6-4-8-15(11-13)19(2,17)18/h4,6,8,11,14H,3,5,7,9-10,12H2,1-2H3/t14-/m0/s1/i2D3,9D2. The highest BCUT2D eigenvalue weighted by atomic mass is 32.2. The Morgan fingerprint density at radius 1 is 1.53 bits per heavy atom. The van der Waals surface area contributed by atoms with Gasteiger partial charge in [-0.15, -0.1) is 0 Å². The number of piperidine rings is 1. The Labute approximate surface area is 123 Å². The lowest BCUT2D eigenvalue weighted by Crippen LogP contribution is -2.34. The number of hydrogen-bond donors (Lipinski definition) is 0. The molecule has 106 valence electrons. The Kier molecular flexibility index (Phi) is 2.91. The van der Waals surface area contributed by atoms with Gasteiger partial charge < -0.3 is 4.90 Å². The van der Waals surface area contributed by atoms with Gasteiger partial charge in [-0.05, 0) is 55.9 Å². The van der Waals surface area contributed by atoms with Crippen LogP contribution in [0.2, 0.25) is 0 Å². The molecule has 4 heteroatoms. The molecule has 1 fully saturated rings. The predicted molar refractivity (Wildman–Crippen MR) is 78.3 cm³/mol. The number of sulfone groups is 1. The fourth-order valence-corrected chi connectivity index (χ4v) is 3.10. The normalized spacial score (nSPS) is 26.8. The average Bonchev–Trinajstić information content (AvgIpc) is 2.54. The minimum Gasteiger partial charge on any atom is -0.303 e. The Morgan fingerprint density at radius 2 is 2.37 bits per heavy atom. The lowest BCUT2D eigenvalue weighted by Gasteiger charge is -2.32. The molecule has 1 aromatic carbocycles. The number of rotatable bonds is 4. The van der Waals surface area contributed by atoms with E-state index in [0.29, 0.717) is 19.5 Å². The molecule has 0 aliphatic carbocycles. The summed E-state index contributed by atoms with van der Waals surface area (Å²) in [4.78, 5) is 1.59. The van der Waals surface area contributed by atoms with Crippen LogP contribution in [0.4, 0.5) is 0 Å². The quantitative estimate of drug-likeness (QED) is 0.854. The number of hydrogen-bond acceptors (Lipinski definition) is 3. The van der Waals surface area contributed by atoms with Gasteiger partial charge in [0.15, 0.2) is 9.84 Å². The topological polar surface area (TPSA) is 37.4 Å². The van der Waals surface area contributed by atoms with Gasteiger partial charge in [-0.25, -0.2) is 8.42 Å². The first-order chi connectivity index (χ1) is 11.0. The second kappa shape index (κ2) is 6.06.